The van der Waals surface area contributed by atoms with Gasteiger partial charge in [0.25, 0.3) is 0 Å². The molecule has 0 bridgehead atoms. The summed E-state index contributed by atoms with van der Waals surface area (Å²) in [5, 5.41) is 0. The lowest BCUT2D eigenvalue weighted by molar-refractivity contribution is -0.141. The average Bonchev–Trinajstić information content (AvgIpc) is 3.66. The molecule has 2 atom stereocenters. The van der Waals surface area contributed by atoms with Gasteiger partial charge in [-0.05, 0) is 77.8 Å². The molecule has 6 heteroatoms. The Morgan fingerprint density at radius 1 is 1.11 bits per heavy atom. The Hall–Kier alpha value is -3.64. The molecule has 3 aromatic rings. The number of carbonyl (C=O) groups is 1. The molecule has 196 valence electrons. The fraction of sp³-hybridized carbons (Fsp3) is 0.344. The van der Waals surface area contributed by atoms with Crippen LogP contribution in [-0.4, -0.2) is 32.9 Å². The molecule has 3 aromatic carbocycles. The second-order valence-electron chi connectivity index (χ2n) is 10.3. The Kier molecular flexibility index (Phi) is 6.44. The van der Waals surface area contributed by atoms with Crippen molar-refractivity contribution in [1.82, 2.24) is 0 Å². The second kappa shape index (κ2) is 9.91. The number of benzene rings is 3. The summed E-state index contributed by atoms with van der Waals surface area (Å²) in [6.07, 6.45) is 3.48. The highest BCUT2D eigenvalue weighted by Crippen LogP contribution is 2.45. The number of halogens is 1. The molecule has 0 N–H and O–H groups in total. The largest absolute Gasteiger partial charge is 0.492 e. The monoisotopic (exact) mass is 514 g/mol. The number of esters is 1. The Morgan fingerprint density at radius 3 is 2.66 bits per heavy atom. The second-order valence-corrected chi connectivity index (χ2v) is 10.3. The van der Waals surface area contributed by atoms with E-state index >= 15 is 4.39 Å². The van der Waals surface area contributed by atoms with Crippen molar-refractivity contribution in [2.45, 2.75) is 45.1 Å². The molecule has 2 heterocycles. The van der Waals surface area contributed by atoms with E-state index in [4.69, 9.17) is 18.9 Å². The summed E-state index contributed by atoms with van der Waals surface area (Å²) in [5.74, 6) is 0.813. The topological polar surface area (TPSA) is 54.0 Å². The van der Waals surface area contributed by atoms with E-state index in [1.807, 2.05) is 24.3 Å². The van der Waals surface area contributed by atoms with Crippen LogP contribution in [0.3, 0.4) is 0 Å². The van der Waals surface area contributed by atoms with Gasteiger partial charge in [-0.25, -0.2) is 4.39 Å². The van der Waals surface area contributed by atoms with E-state index in [2.05, 4.69) is 32.1 Å². The van der Waals surface area contributed by atoms with Gasteiger partial charge in [-0.1, -0.05) is 30.3 Å². The predicted molar refractivity (Wildman–Crippen MR) is 143 cm³/mol. The maximum atomic E-state index is 15.3. The van der Waals surface area contributed by atoms with E-state index < -0.39 is 0 Å². The van der Waals surface area contributed by atoms with Gasteiger partial charge in [-0.2, -0.15) is 0 Å². The molecule has 0 unspecified atom stereocenters. The van der Waals surface area contributed by atoms with Crippen LogP contribution in [0.4, 0.5) is 4.39 Å². The van der Waals surface area contributed by atoms with Crippen LogP contribution in [0.1, 0.15) is 58.2 Å². The van der Waals surface area contributed by atoms with Crippen molar-refractivity contribution in [3.8, 4) is 22.6 Å². The molecule has 0 saturated heterocycles. The number of carbonyl (C=O) groups excluding carboxylic acids is 1. The van der Waals surface area contributed by atoms with Crippen LogP contribution in [0.25, 0.3) is 16.7 Å². The SMILES string of the molecule is COC(=O)C[C@@H]1COc2cc(O[C@@H]3CCc4c(-c5c(C)cc(C6=CCOC6)cc5C)ccc(F)c43)ccc21. The third-order valence-electron chi connectivity index (χ3n) is 7.94. The zero-order valence-corrected chi connectivity index (χ0v) is 21.9. The summed E-state index contributed by atoms with van der Waals surface area (Å²) in [7, 11) is 1.39. The number of hydrogen-bond acceptors (Lipinski definition) is 5. The van der Waals surface area contributed by atoms with Gasteiger partial charge >= 0.3 is 5.97 Å². The van der Waals surface area contributed by atoms with Gasteiger partial charge in [-0.3, -0.25) is 4.79 Å². The normalized spacial score (nSPS) is 19.5. The van der Waals surface area contributed by atoms with Crippen molar-refractivity contribution in [1.29, 1.82) is 0 Å². The van der Waals surface area contributed by atoms with Gasteiger partial charge in [0.15, 0.2) is 0 Å². The van der Waals surface area contributed by atoms with Crippen LogP contribution < -0.4 is 9.47 Å². The zero-order chi connectivity index (χ0) is 26.4. The van der Waals surface area contributed by atoms with E-state index in [0.717, 1.165) is 28.7 Å². The van der Waals surface area contributed by atoms with Gasteiger partial charge in [0.2, 0.25) is 0 Å². The third-order valence-corrected chi connectivity index (χ3v) is 7.94. The van der Waals surface area contributed by atoms with Crippen LogP contribution >= 0.6 is 0 Å². The first kappa shape index (κ1) is 24.7. The van der Waals surface area contributed by atoms with Crippen molar-refractivity contribution >= 4 is 11.5 Å². The number of fused-ring (bicyclic) bond motifs is 2. The highest BCUT2D eigenvalue weighted by molar-refractivity contribution is 5.79. The summed E-state index contributed by atoms with van der Waals surface area (Å²) in [6.45, 7) is 5.98. The van der Waals surface area contributed by atoms with Gasteiger partial charge < -0.3 is 18.9 Å². The predicted octanol–water partition coefficient (Wildman–Crippen LogP) is 6.63. The molecule has 6 rings (SSSR count). The highest BCUT2D eigenvalue weighted by Gasteiger charge is 2.32. The number of methoxy groups -OCH3 is 1. The third kappa shape index (κ3) is 4.37. The lowest BCUT2D eigenvalue weighted by Crippen LogP contribution is -2.09. The van der Waals surface area contributed by atoms with E-state index in [0.29, 0.717) is 43.3 Å². The fourth-order valence-corrected chi connectivity index (χ4v) is 6.14. The minimum absolute atomic E-state index is 0.0333. The van der Waals surface area contributed by atoms with Crippen molar-refractivity contribution in [2.24, 2.45) is 0 Å². The van der Waals surface area contributed by atoms with Gasteiger partial charge in [0.05, 0.1) is 33.4 Å². The zero-order valence-electron chi connectivity index (χ0n) is 21.9. The first-order valence-electron chi connectivity index (χ1n) is 13.1. The van der Waals surface area contributed by atoms with Gasteiger partial charge in [0.1, 0.15) is 23.4 Å². The molecule has 0 radical (unpaired) electrons. The van der Waals surface area contributed by atoms with Crippen LogP contribution in [0.15, 0.2) is 48.5 Å². The van der Waals surface area contributed by atoms with Crippen LogP contribution in [0.5, 0.6) is 11.5 Å². The summed E-state index contributed by atoms with van der Waals surface area (Å²) in [6, 6.07) is 13.6. The summed E-state index contributed by atoms with van der Waals surface area (Å²) < 4.78 is 37.8. The van der Waals surface area contributed by atoms with E-state index in [-0.39, 0.29) is 30.2 Å². The van der Waals surface area contributed by atoms with Crippen LogP contribution in [0.2, 0.25) is 0 Å². The lowest BCUT2D eigenvalue weighted by atomic mass is 9.88. The van der Waals surface area contributed by atoms with E-state index in [1.165, 1.54) is 29.4 Å². The number of ether oxygens (including phenoxy) is 4. The van der Waals surface area contributed by atoms with E-state index in [1.54, 1.807) is 6.07 Å². The first-order valence-corrected chi connectivity index (χ1v) is 13.1. The minimum Gasteiger partial charge on any atom is -0.492 e. The molecule has 3 aliphatic rings. The molecule has 1 aliphatic carbocycles. The number of aryl methyl sites for hydroxylation is 2. The molecular formula is C32H31FO5. The molecule has 38 heavy (non-hydrogen) atoms. The van der Waals surface area contributed by atoms with Gasteiger partial charge in [-0.15, -0.1) is 0 Å². The molecule has 0 aromatic heterocycles. The Labute approximate surface area is 222 Å². The van der Waals surface area contributed by atoms with E-state index in [9.17, 15) is 4.79 Å². The molecule has 0 spiro atoms. The summed E-state index contributed by atoms with van der Waals surface area (Å²) in [4.78, 5) is 11.7. The van der Waals surface area contributed by atoms with Crippen molar-refractivity contribution in [3.05, 3.63) is 87.7 Å². The van der Waals surface area contributed by atoms with Crippen molar-refractivity contribution < 1.29 is 28.1 Å². The fourth-order valence-electron chi connectivity index (χ4n) is 6.14. The minimum atomic E-state index is -0.379. The molecule has 0 amide bonds. The van der Waals surface area contributed by atoms with Crippen molar-refractivity contribution in [3.63, 3.8) is 0 Å². The highest BCUT2D eigenvalue weighted by atomic mass is 19.1. The smallest absolute Gasteiger partial charge is 0.306 e. The molecule has 0 saturated carbocycles. The number of hydrogen-bond donors (Lipinski definition) is 0. The summed E-state index contributed by atoms with van der Waals surface area (Å²) in [5.41, 5.74) is 9.62. The quantitative estimate of drug-likeness (QED) is 0.346. The Balaban J connectivity index is 1.28. The summed E-state index contributed by atoms with van der Waals surface area (Å²) >= 11 is 0. The number of rotatable bonds is 6. The molecule has 0 fully saturated rings. The van der Waals surface area contributed by atoms with Crippen molar-refractivity contribution in [2.75, 3.05) is 26.9 Å². The average molecular weight is 515 g/mol. The van der Waals surface area contributed by atoms with Gasteiger partial charge in [0, 0.05) is 23.1 Å². The molecule has 5 nitrogen and oxygen atoms in total. The maximum absolute atomic E-state index is 15.3. The molecular weight excluding hydrogens is 483 g/mol. The van der Waals surface area contributed by atoms with Crippen LogP contribution in [-0.2, 0) is 20.7 Å². The maximum Gasteiger partial charge on any atom is 0.306 e. The Bertz CT molecular complexity index is 1430. The Morgan fingerprint density at radius 2 is 1.92 bits per heavy atom. The first-order chi connectivity index (χ1) is 18.4. The standard InChI is InChI=1S/C32H31FO5/c1-18-12-21(20-10-11-36-16-20)13-19(2)31(18)25-6-8-27(33)32-26(25)7-9-28(32)38-23-4-5-24-22(14-30(34)35-3)17-37-29(24)15-23/h4-6,8,10,12-13,15,22,28H,7,9,11,14,16-17H2,1-3H3/t22-,28-/m1/s1. The lowest BCUT2D eigenvalue weighted by Gasteiger charge is -2.19. The molecule has 2 aliphatic heterocycles. The van der Waals surface area contributed by atoms with Crippen LogP contribution in [0, 0.1) is 19.7 Å².